The molecule has 1 heterocycles. The summed E-state index contributed by atoms with van der Waals surface area (Å²) in [7, 11) is 0. The number of pyridine rings is 1. The lowest BCUT2D eigenvalue weighted by Gasteiger charge is -2.12. The molecule has 0 aliphatic rings. The molecule has 0 saturated carbocycles. The number of nitrogens with zero attached hydrogens (tertiary/aromatic N) is 2. The third-order valence-electron chi connectivity index (χ3n) is 3.51. The van der Waals surface area contributed by atoms with Crippen molar-refractivity contribution in [3.05, 3.63) is 80.6 Å². The normalized spacial score (nSPS) is 10.7. The summed E-state index contributed by atoms with van der Waals surface area (Å²) in [5.41, 5.74) is 0.321. The highest BCUT2D eigenvalue weighted by atomic mass is 35.5. The van der Waals surface area contributed by atoms with Gasteiger partial charge in [0.2, 0.25) is 5.43 Å². The molecule has 0 aliphatic carbocycles. The van der Waals surface area contributed by atoms with Crippen LogP contribution in [0.25, 0.3) is 10.9 Å². The molecule has 2 aromatic carbocycles. The van der Waals surface area contributed by atoms with Crippen LogP contribution in [0.2, 0.25) is 5.02 Å². The minimum absolute atomic E-state index is 0.0306. The Kier molecular flexibility index (Phi) is 3.85. The summed E-state index contributed by atoms with van der Waals surface area (Å²) in [6, 6.07) is 10.5. The number of halogens is 3. The van der Waals surface area contributed by atoms with E-state index < -0.39 is 17.1 Å². The highest BCUT2D eigenvalue weighted by Crippen LogP contribution is 2.19. The van der Waals surface area contributed by atoms with Crippen LogP contribution in [0.3, 0.4) is 0 Å². The summed E-state index contributed by atoms with van der Waals surface area (Å²) in [5, 5.41) is 9.62. The second-order valence-corrected chi connectivity index (χ2v) is 5.46. The van der Waals surface area contributed by atoms with E-state index in [2.05, 4.69) is 0 Å². The molecule has 1 aromatic heterocycles. The molecule has 0 saturated heterocycles. The maximum absolute atomic E-state index is 13.6. The van der Waals surface area contributed by atoms with Crippen LogP contribution in [-0.2, 0) is 6.54 Å². The third kappa shape index (κ3) is 2.81. The van der Waals surface area contributed by atoms with Crippen molar-refractivity contribution >= 4 is 22.5 Å². The highest BCUT2D eigenvalue weighted by molar-refractivity contribution is 6.30. The van der Waals surface area contributed by atoms with Gasteiger partial charge in [-0.1, -0.05) is 23.7 Å². The second-order valence-electron chi connectivity index (χ2n) is 5.02. The Morgan fingerprint density at radius 1 is 1.13 bits per heavy atom. The number of nitriles is 1. The zero-order valence-electron chi connectivity index (χ0n) is 11.7. The largest absolute Gasteiger partial charge is 0.341 e. The van der Waals surface area contributed by atoms with Crippen molar-refractivity contribution in [3.8, 4) is 6.07 Å². The molecule has 6 heteroatoms. The first-order valence-corrected chi connectivity index (χ1v) is 7.04. The molecule has 0 spiro atoms. The smallest absolute Gasteiger partial charge is 0.207 e. The predicted octanol–water partition coefficient (Wildman–Crippen LogP) is 3.85. The standard InChI is InChI=1S/C17H9ClF2N2O/c18-12-3-1-10(2-4-12)8-22-9-11(7-21)17(23)13-5-14(19)15(20)6-16(13)22/h1-6,9H,8H2. The Bertz CT molecular complexity index is 1000. The lowest BCUT2D eigenvalue weighted by Crippen LogP contribution is -2.14. The van der Waals surface area contributed by atoms with E-state index in [0.717, 1.165) is 17.7 Å². The number of hydrogen-bond acceptors (Lipinski definition) is 2. The lowest BCUT2D eigenvalue weighted by molar-refractivity contribution is 0.510. The van der Waals surface area contributed by atoms with E-state index in [4.69, 9.17) is 16.9 Å². The molecule has 3 aromatic rings. The summed E-state index contributed by atoms with van der Waals surface area (Å²) >= 11 is 5.83. The zero-order valence-corrected chi connectivity index (χ0v) is 12.4. The van der Waals surface area contributed by atoms with Crippen LogP contribution in [0.15, 0.2) is 47.4 Å². The van der Waals surface area contributed by atoms with Crippen LogP contribution in [0, 0.1) is 23.0 Å². The topological polar surface area (TPSA) is 45.8 Å². The predicted molar refractivity (Wildman–Crippen MR) is 83.4 cm³/mol. The molecule has 3 nitrogen and oxygen atoms in total. The molecule has 3 rings (SSSR count). The van der Waals surface area contributed by atoms with E-state index in [1.54, 1.807) is 34.9 Å². The Morgan fingerprint density at radius 3 is 2.43 bits per heavy atom. The first-order chi connectivity index (χ1) is 11.0. The van der Waals surface area contributed by atoms with Gasteiger partial charge in [-0.3, -0.25) is 4.79 Å². The summed E-state index contributed by atoms with van der Waals surface area (Å²) < 4.78 is 28.6. The van der Waals surface area contributed by atoms with Gasteiger partial charge in [0.05, 0.1) is 10.9 Å². The van der Waals surface area contributed by atoms with Crippen LogP contribution < -0.4 is 5.43 Å². The monoisotopic (exact) mass is 330 g/mol. The average Bonchev–Trinajstić information content (AvgIpc) is 2.54. The van der Waals surface area contributed by atoms with Crippen molar-refractivity contribution in [1.82, 2.24) is 4.57 Å². The third-order valence-corrected chi connectivity index (χ3v) is 3.76. The van der Waals surface area contributed by atoms with Crippen molar-refractivity contribution in [2.24, 2.45) is 0 Å². The van der Waals surface area contributed by atoms with Gasteiger partial charge < -0.3 is 4.57 Å². The van der Waals surface area contributed by atoms with Crippen molar-refractivity contribution in [2.75, 3.05) is 0 Å². The minimum Gasteiger partial charge on any atom is -0.341 e. The summed E-state index contributed by atoms with van der Waals surface area (Å²) in [5.74, 6) is -2.17. The van der Waals surface area contributed by atoms with Crippen LogP contribution in [-0.4, -0.2) is 4.57 Å². The van der Waals surface area contributed by atoms with E-state index in [1.165, 1.54) is 6.20 Å². The fourth-order valence-corrected chi connectivity index (χ4v) is 2.51. The fraction of sp³-hybridized carbons (Fsp3) is 0.0588. The highest BCUT2D eigenvalue weighted by Gasteiger charge is 2.13. The quantitative estimate of drug-likeness (QED) is 0.716. The van der Waals surface area contributed by atoms with Gasteiger partial charge in [-0.15, -0.1) is 0 Å². The molecule has 0 bridgehead atoms. The van der Waals surface area contributed by atoms with Crippen LogP contribution in [0.4, 0.5) is 8.78 Å². The fourth-order valence-electron chi connectivity index (χ4n) is 2.38. The maximum atomic E-state index is 13.6. The van der Waals surface area contributed by atoms with Gasteiger partial charge in [0, 0.05) is 23.8 Å². The molecule has 0 N–H and O–H groups in total. The second kappa shape index (κ2) is 5.82. The van der Waals surface area contributed by atoms with E-state index in [9.17, 15) is 13.6 Å². The Morgan fingerprint density at radius 2 is 1.78 bits per heavy atom. The van der Waals surface area contributed by atoms with E-state index in [0.29, 0.717) is 5.02 Å². The first kappa shape index (κ1) is 15.2. The molecular formula is C17H9ClF2N2O. The molecule has 114 valence electrons. The maximum Gasteiger partial charge on any atom is 0.207 e. The van der Waals surface area contributed by atoms with Gasteiger partial charge in [-0.05, 0) is 23.8 Å². The van der Waals surface area contributed by atoms with Gasteiger partial charge in [-0.25, -0.2) is 8.78 Å². The molecule has 0 fully saturated rings. The molecule has 23 heavy (non-hydrogen) atoms. The Balaban J connectivity index is 2.25. The van der Waals surface area contributed by atoms with E-state index in [1.807, 2.05) is 0 Å². The van der Waals surface area contributed by atoms with Crippen molar-refractivity contribution < 1.29 is 8.78 Å². The number of rotatable bonds is 2. The van der Waals surface area contributed by atoms with Crippen LogP contribution in [0.5, 0.6) is 0 Å². The molecular weight excluding hydrogens is 322 g/mol. The number of fused-ring (bicyclic) bond motifs is 1. The number of aromatic nitrogens is 1. The molecule has 0 aliphatic heterocycles. The number of benzene rings is 2. The van der Waals surface area contributed by atoms with Crippen LogP contribution in [0.1, 0.15) is 11.1 Å². The van der Waals surface area contributed by atoms with Gasteiger partial charge >= 0.3 is 0 Å². The van der Waals surface area contributed by atoms with Gasteiger partial charge in [0.15, 0.2) is 11.6 Å². The summed E-state index contributed by atoms with van der Waals surface area (Å²) in [6.45, 7) is 0.285. The van der Waals surface area contributed by atoms with E-state index >= 15 is 0 Å². The summed E-state index contributed by atoms with van der Waals surface area (Å²) in [4.78, 5) is 12.1. The van der Waals surface area contributed by atoms with Gasteiger partial charge in [0.1, 0.15) is 11.6 Å². The number of hydrogen-bond donors (Lipinski definition) is 0. The van der Waals surface area contributed by atoms with Gasteiger partial charge in [-0.2, -0.15) is 5.26 Å². The lowest BCUT2D eigenvalue weighted by atomic mass is 10.1. The zero-order chi connectivity index (χ0) is 16.6. The van der Waals surface area contributed by atoms with Crippen molar-refractivity contribution in [1.29, 1.82) is 5.26 Å². The van der Waals surface area contributed by atoms with Crippen molar-refractivity contribution in [3.63, 3.8) is 0 Å². The van der Waals surface area contributed by atoms with Gasteiger partial charge in [0.25, 0.3) is 0 Å². The molecule has 0 radical (unpaired) electrons. The molecule has 0 amide bonds. The van der Waals surface area contributed by atoms with Crippen LogP contribution >= 0.6 is 11.6 Å². The van der Waals surface area contributed by atoms with E-state index in [-0.39, 0.29) is 23.0 Å². The first-order valence-electron chi connectivity index (χ1n) is 6.66. The Labute approximate surface area is 135 Å². The van der Waals surface area contributed by atoms with Crippen molar-refractivity contribution in [2.45, 2.75) is 6.54 Å². The minimum atomic E-state index is -1.12. The SMILES string of the molecule is N#Cc1cn(Cc2ccc(Cl)cc2)c2cc(F)c(F)cc2c1=O. The molecule has 0 unspecified atom stereocenters. The molecule has 0 atom stereocenters. The Hall–Kier alpha value is -2.71. The summed E-state index contributed by atoms with van der Waals surface area (Å²) in [6.07, 6.45) is 1.34. The average molecular weight is 331 g/mol.